The van der Waals surface area contributed by atoms with E-state index in [4.69, 9.17) is 13.8 Å². The zero-order valence-electron chi connectivity index (χ0n) is 25.1. The summed E-state index contributed by atoms with van der Waals surface area (Å²) in [6.45, 7) is 10.2. The number of nitrogens with one attached hydrogen (secondary N) is 1. The molecule has 4 rings (SSSR count). The van der Waals surface area contributed by atoms with Crippen molar-refractivity contribution in [1.29, 1.82) is 0 Å². The van der Waals surface area contributed by atoms with E-state index in [1.807, 2.05) is 24.3 Å². The molecule has 2 aliphatic rings. The van der Waals surface area contributed by atoms with Crippen LogP contribution in [0.25, 0.3) is 11.1 Å². The molecule has 1 amide bonds. The average molecular weight is 585 g/mol. The lowest BCUT2D eigenvalue weighted by atomic mass is 9.73. The minimum absolute atomic E-state index is 0.0541. The van der Waals surface area contributed by atoms with Crippen molar-refractivity contribution in [2.75, 3.05) is 58.8 Å². The van der Waals surface area contributed by atoms with E-state index in [2.05, 4.69) is 48.3 Å². The number of carbonyl (C=O) groups is 1. The van der Waals surface area contributed by atoms with Gasteiger partial charge in [-0.05, 0) is 60.9 Å². The first kappa shape index (κ1) is 31.9. The van der Waals surface area contributed by atoms with Gasteiger partial charge >= 0.3 is 7.60 Å². The second kappa shape index (κ2) is 16.0. The number of ether oxygens (including phenoxy) is 1. The Balaban J connectivity index is 1.47. The van der Waals surface area contributed by atoms with E-state index in [1.165, 1.54) is 0 Å². The molecule has 2 aromatic rings. The fourth-order valence-corrected chi connectivity index (χ4v) is 7.75. The number of morpholine rings is 1. The molecule has 1 N–H and O–H groups in total. The van der Waals surface area contributed by atoms with Crippen molar-refractivity contribution in [3.63, 3.8) is 0 Å². The summed E-state index contributed by atoms with van der Waals surface area (Å²) < 4.78 is 30.7. The molecule has 0 atom stereocenters. The summed E-state index contributed by atoms with van der Waals surface area (Å²) >= 11 is 0. The zero-order chi connectivity index (χ0) is 29.0. The molecule has 0 spiro atoms. The van der Waals surface area contributed by atoms with Crippen molar-refractivity contribution >= 4 is 13.5 Å². The first-order chi connectivity index (χ1) is 20.0. The predicted molar refractivity (Wildman–Crippen MR) is 166 cm³/mol. The Hall–Kier alpha value is -2.02. The van der Waals surface area contributed by atoms with Crippen LogP contribution in [0.5, 0.6) is 0 Å². The molecule has 1 saturated heterocycles. The van der Waals surface area contributed by atoms with Gasteiger partial charge < -0.3 is 19.1 Å². The van der Waals surface area contributed by atoms with Crippen LogP contribution in [0, 0.1) is 0 Å². The number of rotatable bonds is 18. The average Bonchev–Trinajstić information content (AvgIpc) is 3.29. The third kappa shape index (κ3) is 8.09. The molecule has 1 heterocycles. The Morgan fingerprint density at radius 2 is 1.46 bits per heavy atom. The van der Waals surface area contributed by atoms with Crippen LogP contribution in [-0.2, 0) is 28.6 Å². The number of amides is 1. The maximum atomic E-state index is 14.2. The molecule has 0 unspecified atom stereocenters. The molecule has 8 heteroatoms. The van der Waals surface area contributed by atoms with Crippen molar-refractivity contribution in [1.82, 2.24) is 10.2 Å². The highest BCUT2D eigenvalue weighted by molar-refractivity contribution is 7.53. The number of carbonyl (C=O) groups excluding carboxylic acids is 1. The maximum Gasteiger partial charge on any atom is 0.330 e. The molecule has 0 saturated carbocycles. The maximum absolute atomic E-state index is 14.2. The predicted octanol–water partition coefficient (Wildman–Crippen LogP) is 6.79. The molecule has 0 radical (unpaired) electrons. The minimum Gasteiger partial charge on any atom is -0.379 e. The van der Waals surface area contributed by atoms with Gasteiger partial charge in [0.05, 0.1) is 32.6 Å². The highest BCUT2D eigenvalue weighted by atomic mass is 31.2. The number of nitrogens with zero attached hydrogens (tertiary/aromatic N) is 1. The molecule has 1 aliphatic carbocycles. The van der Waals surface area contributed by atoms with Gasteiger partial charge in [-0.25, -0.2) is 0 Å². The van der Waals surface area contributed by atoms with Crippen molar-refractivity contribution in [2.24, 2.45) is 0 Å². The third-order valence-electron chi connectivity index (χ3n) is 8.30. The van der Waals surface area contributed by atoms with E-state index < -0.39 is 13.0 Å². The number of hydrogen-bond donors (Lipinski definition) is 1. The molecule has 2 aromatic carbocycles. The number of hydrogen-bond acceptors (Lipinski definition) is 6. The van der Waals surface area contributed by atoms with Crippen LogP contribution in [0.2, 0.25) is 0 Å². The van der Waals surface area contributed by atoms with Crippen LogP contribution in [0.4, 0.5) is 0 Å². The lowest BCUT2D eigenvalue weighted by Gasteiger charge is -2.31. The van der Waals surface area contributed by atoms with E-state index in [9.17, 15) is 9.36 Å². The van der Waals surface area contributed by atoms with E-state index in [0.717, 1.165) is 93.6 Å². The number of unbranched alkanes of at least 4 members (excludes halogenated alkanes) is 3. The summed E-state index contributed by atoms with van der Waals surface area (Å²) in [5, 5.41) is 3.31. The molecular formula is C33H49N2O5P. The molecule has 0 bridgehead atoms. The lowest BCUT2D eigenvalue weighted by molar-refractivity contribution is -0.125. The molecule has 1 aliphatic heterocycles. The van der Waals surface area contributed by atoms with Crippen molar-refractivity contribution in [3.05, 3.63) is 59.7 Å². The molecule has 41 heavy (non-hydrogen) atoms. The number of benzene rings is 2. The highest BCUT2D eigenvalue weighted by Crippen LogP contribution is 2.53. The monoisotopic (exact) mass is 584 g/mol. The van der Waals surface area contributed by atoms with Crippen LogP contribution < -0.4 is 5.32 Å². The summed E-state index contributed by atoms with van der Waals surface area (Å²) in [6.07, 6.45) is 7.02. The summed E-state index contributed by atoms with van der Waals surface area (Å²) in [4.78, 5) is 16.6. The van der Waals surface area contributed by atoms with Crippen LogP contribution in [0.1, 0.15) is 76.3 Å². The van der Waals surface area contributed by atoms with Gasteiger partial charge in [-0.1, -0.05) is 81.6 Å². The Morgan fingerprint density at radius 1 is 0.878 bits per heavy atom. The lowest BCUT2D eigenvalue weighted by Crippen LogP contribution is -2.45. The standard InChI is InChI=1S/C33H49N2O5P/c1-3-5-23-39-41(37,40-24-6-4-2)27-12-11-18-33(32(36)34-19-13-20-35-21-25-38-26-22-35)30-16-9-7-14-28(30)29-15-8-10-17-31(29)33/h7-10,14-17H,3-6,11-13,18-27H2,1-2H3,(H,34,36). The van der Waals surface area contributed by atoms with Crippen molar-refractivity contribution < 1.29 is 23.1 Å². The van der Waals surface area contributed by atoms with E-state index in [0.29, 0.717) is 38.8 Å². The first-order valence-electron chi connectivity index (χ1n) is 15.7. The normalized spacial score (nSPS) is 16.3. The van der Waals surface area contributed by atoms with Gasteiger partial charge in [0, 0.05) is 19.6 Å². The van der Waals surface area contributed by atoms with Gasteiger partial charge in [0.15, 0.2) is 0 Å². The Morgan fingerprint density at radius 3 is 2.05 bits per heavy atom. The largest absolute Gasteiger partial charge is 0.379 e. The third-order valence-corrected chi connectivity index (χ3v) is 10.3. The van der Waals surface area contributed by atoms with Crippen molar-refractivity contribution in [3.8, 4) is 11.1 Å². The summed E-state index contributed by atoms with van der Waals surface area (Å²) in [6, 6.07) is 16.6. The smallest absolute Gasteiger partial charge is 0.330 e. The Kier molecular flexibility index (Phi) is 12.4. The molecule has 226 valence electrons. The second-order valence-corrected chi connectivity index (χ2v) is 13.4. The van der Waals surface area contributed by atoms with Gasteiger partial charge in [-0.3, -0.25) is 14.3 Å². The topological polar surface area (TPSA) is 77.1 Å². The minimum atomic E-state index is -3.17. The van der Waals surface area contributed by atoms with Crippen LogP contribution in [0.15, 0.2) is 48.5 Å². The van der Waals surface area contributed by atoms with E-state index in [1.54, 1.807) is 0 Å². The molecule has 7 nitrogen and oxygen atoms in total. The fourth-order valence-electron chi connectivity index (χ4n) is 5.99. The van der Waals surface area contributed by atoms with Gasteiger partial charge in [-0.2, -0.15) is 0 Å². The van der Waals surface area contributed by atoms with Crippen molar-refractivity contribution in [2.45, 2.75) is 70.6 Å². The van der Waals surface area contributed by atoms with Gasteiger partial charge in [0.1, 0.15) is 5.41 Å². The fraction of sp³-hybridized carbons (Fsp3) is 0.606. The Labute approximate surface area is 246 Å². The van der Waals surface area contributed by atoms with E-state index in [-0.39, 0.29) is 5.91 Å². The van der Waals surface area contributed by atoms with Crippen LogP contribution in [-0.4, -0.2) is 69.6 Å². The van der Waals surface area contributed by atoms with Gasteiger partial charge in [0.25, 0.3) is 0 Å². The quantitative estimate of drug-likeness (QED) is 0.154. The van der Waals surface area contributed by atoms with Crippen LogP contribution in [0.3, 0.4) is 0 Å². The second-order valence-electron chi connectivity index (χ2n) is 11.2. The molecular weight excluding hydrogens is 535 g/mol. The Bertz CT molecular complexity index is 1090. The molecule has 1 fully saturated rings. The first-order valence-corrected chi connectivity index (χ1v) is 17.4. The summed E-state index contributed by atoms with van der Waals surface area (Å²) in [5.41, 5.74) is 3.61. The van der Waals surface area contributed by atoms with Gasteiger partial charge in [-0.15, -0.1) is 0 Å². The molecule has 0 aromatic heterocycles. The van der Waals surface area contributed by atoms with Crippen LogP contribution >= 0.6 is 7.60 Å². The van der Waals surface area contributed by atoms with Gasteiger partial charge in [0.2, 0.25) is 5.91 Å². The summed E-state index contributed by atoms with van der Waals surface area (Å²) in [7, 11) is -3.17. The van der Waals surface area contributed by atoms with E-state index >= 15 is 0 Å². The SMILES string of the molecule is CCCCOP(=O)(CCCCC1(C(=O)NCCCN2CCOCC2)c2ccccc2-c2ccccc21)OCCCC. The highest BCUT2D eigenvalue weighted by Gasteiger charge is 2.48. The summed E-state index contributed by atoms with van der Waals surface area (Å²) in [5.74, 6) is 0.0541. The number of fused-ring (bicyclic) bond motifs is 3. The zero-order valence-corrected chi connectivity index (χ0v) is 26.0.